The van der Waals surface area contributed by atoms with E-state index in [1.165, 1.54) is 38.5 Å². The van der Waals surface area contributed by atoms with Gasteiger partial charge in [-0.1, -0.05) is 25.7 Å². The normalized spacial score (nSPS) is 17.8. The lowest BCUT2D eigenvalue weighted by Crippen LogP contribution is -2.35. The average molecular weight is 240 g/mol. The van der Waals surface area contributed by atoms with Crippen LogP contribution in [-0.4, -0.2) is 36.5 Å². The molecule has 0 aliphatic heterocycles. The molecule has 0 heterocycles. The Morgan fingerprint density at radius 1 is 1.12 bits per heavy atom. The quantitative estimate of drug-likeness (QED) is 0.724. The lowest BCUT2D eigenvalue weighted by molar-refractivity contribution is -0.130. The first-order valence-electron chi connectivity index (χ1n) is 7.29. The summed E-state index contributed by atoms with van der Waals surface area (Å²) in [6, 6.07) is 0.655. The Kier molecular flexibility index (Phi) is 7.25. The molecule has 1 N–H and O–H groups in total. The third-order valence-corrected chi connectivity index (χ3v) is 3.74. The number of carbonyl (C=O) groups excluding carboxylic acids is 1. The average Bonchev–Trinajstić information content (AvgIpc) is 2.59. The Morgan fingerprint density at radius 2 is 1.71 bits per heavy atom. The fourth-order valence-corrected chi connectivity index (χ4v) is 2.60. The molecule has 1 aliphatic rings. The van der Waals surface area contributed by atoms with Crippen molar-refractivity contribution in [2.24, 2.45) is 0 Å². The second-order valence-corrected chi connectivity index (χ2v) is 4.96. The molecule has 0 spiro atoms. The van der Waals surface area contributed by atoms with Gasteiger partial charge in [0.05, 0.1) is 0 Å². The predicted octanol–water partition coefficient (Wildman–Crippen LogP) is 2.56. The van der Waals surface area contributed by atoms with Gasteiger partial charge in [-0.3, -0.25) is 4.79 Å². The van der Waals surface area contributed by atoms with E-state index in [4.69, 9.17) is 0 Å². The maximum absolute atomic E-state index is 11.8. The van der Waals surface area contributed by atoms with Crippen LogP contribution < -0.4 is 5.32 Å². The second kappa shape index (κ2) is 8.51. The number of nitrogens with one attached hydrogen (secondary N) is 1. The van der Waals surface area contributed by atoms with Gasteiger partial charge in [0, 0.05) is 32.1 Å². The van der Waals surface area contributed by atoms with Crippen LogP contribution in [0.25, 0.3) is 0 Å². The molecule has 0 aromatic heterocycles. The zero-order valence-electron chi connectivity index (χ0n) is 11.5. The molecule has 3 heteroatoms. The largest absolute Gasteiger partial charge is 0.343 e. The second-order valence-electron chi connectivity index (χ2n) is 4.96. The van der Waals surface area contributed by atoms with Crippen LogP contribution in [0.15, 0.2) is 0 Å². The fourth-order valence-electron chi connectivity index (χ4n) is 2.60. The third kappa shape index (κ3) is 5.53. The Labute approximate surface area is 106 Å². The van der Waals surface area contributed by atoms with Gasteiger partial charge in [0.15, 0.2) is 0 Å². The summed E-state index contributed by atoms with van der Waals surface area (Å²) in [7, 11) is 0. The van der Waals surface area contributed by atoms with Gasteiger partial charge in [-0.2, -0.15) is 0 Å². The van der Waals surface area contributed by atoms with E-state index in [1.54, 1.807) is 0 Å². The highest BCUT2D eigenvalue weighted by Gasteiger charge is 2.13. The monoisotopic (exact) mass is 240 g/mol. The Morgan fingerprint density at radius 3 is 2.24 bits per heavy atom. The first-order chi connectivity index (χ1) is 8.27. The molecule has 1 saturated carbocycles. The van der Waals surface area contributed by atoms with E-state index >= 15 is 0 Å². The van der Waals surface area contributed by atoms with Gasteiger partial charge in [-0.05, 0) is 26.7 Å². The summed E-state index contributed by atoms with van der Waals surface area (Å²) in [6.45, 7) is 6.60. The van der Waals surface area contributed by atoms with Crippen LogP contribution in [0, 0.1) is 0 Å². The molecule has 1 fully saturated rings. The first kappa shape index (κ1) is 14.5. The molecular formula is C14H28N2O. The van der Waals surface area contributed by atoms with Gasteiger partial charge in [0.25, 0.3) is 0 Å². The van der Waals surface area contributed by atoms with Crippen molar-refractivity contribution in [3.05, 3.63) is 0 Å². The van der Waals surface area contributed by atoms with Crippen molar-refractivity contribution in [2.75, 3.05) is 19.6 Å². The van der Waals surface area contributed by atoms with Gasteiger partial charge in [-0.15, -0.1) is 0 Å². The van der Waals surface area contributed by atoms with Crippen LogP contribution in [0.1, 0.15) is 58.8 Å². The summed E-state index contributed by atoms with van der Waals surface area (Å²) >= 11 is 0. The molecule has 1 rings (SSSR count). The predicted molar refractivity (Wildman–Crippen MR) is 72.0 cm³/mol. The Balaban J connectivity index is 2.15. The van der Waals surface area contributed by atoms with Crippen LogP contribution >= 0.6 is 0 Å². The van der Waals surface area contributed by atoms with Crippen LogP contribution in [-0.2, 0) is 4.79 Å². The molecule has 17 heavy (non-hydrogen) atoms. The number of nitrogens with zero attached hydrogens (tertiary/aromatic N) is 1. The van der Waals surface area contributed by atoms with Gasteiger partial charge in [0.1, 0.15) is 0 Å². The van der Waals surface area contributed by atoms with Crippen molar-refractivity contribution in [2.45, 2.75) is 64.8 Å². The summed E-state index contributed by atoms with van der Waals surface area (Å²) in [5, 5.41) is 3.55. The van der Waals surface area contributed by atoms with E-state index < -0.39 is 0 Å². The number of rotatable bonds is 6. The van der Waals surface area contributed by atoms with Crippen LogP contribution in [0.2, 0.25) is 0 Å². The van der Waals surface area contributed by atoms with E-state index in [0.717, 1.165) is 19.6 Å². The van der Waals surface area contributed by atoms with Crippen molar-refractivity contribution < 1.29 is 4.79 Å². The molecule has 0 atom stereocenters. The zero-order valence-corrected chi connectivity index (χ0v) is 11.5. The van der Waals surface area contributed by atoms with Gasteiger partial charge in [-0.25, -0.2) is 0 Å². The summed E-state index contributed by atoms with van der Waals surface area (Å²) in [6.07, 6.45) is 8.70. The lowest BCUT2D eigenvalue weighted by atomic mass is 10.1. The molecule has 0 saturated heterocycles. The van der Waals surface area contributed by atoms with Crippen molar-refractivity contribution >= 4 is 5.91 Å². The van der Waals surface area contributed by atoms with Crippen molar-refractivity contribution in [1.82, 2.24) is 10.2 Å². The highest BCUT2D eigenvalue weighted by molar-refractivity contribution is 5.76. The zero-order chi connectivity index (χ0) is 12.5. The minimum atomic E-state index is 0.288. The molecule has 1 amide bonds. The summed E-state index contributed by atoms with van der Waals surface area (Å²) in [4.78, 5) is 13.7. The molecule has 100 valence electrons. The van der Waals surface area contributed by atoms with Crippen LogP contribution in [0.3, 0.4) is 0 Å². The van der Waals surface area contributed by atoms with Crippen molar-refractivity contribution in [3.63, 3.8) is 0 Å². The van der Waals surface area contributed by atoms with E-state index in [1.807, 2.05) is 18.7 Å². The van der Waals surface area contributed by atoms with Crippen LogP contribution in [0.4, 0.5) is 0 Å². The van der Waals surface area contributed by atoms with Gasteiger partial charge < -0.3 is 10.2 Å². The molecule has 0 unspecified atom stereocenters. The fraction of sp³-hybridized carbons (Fsp3) is 0.929. The molecule has 0 radical (unpaired) electrons. The molecule has 1 aliphatic carbocycles. The standard InChI is InChI=1S/C14H28N2O/c1-3-16(4-2)14(17)11-12-15-13-9-7-5-6-8-10-13/h13,15H,3-12H2,1-2H3. The minimum Gasteiger partial charge on any atom is -0.343 e. The number of amides is 1. The lowest BCUT2D eigenvalue weighted by Gasteiger charge is -2.20. The van der Waals surface area contributed by atoms with Gasteiger partial charge in [0.2, 0.25) is 5.91 Å². The highest BCUT2D eigenvalue weighted by Crippen LogP contribution is 2.17. The van der Waals surface area contributed by atoms with Crippen LogP contribution in [0.5, 0.6) is 0 Å². The number of hydrogen-bond donors (Lipinski definition) is 1. The van der Waals surface area contributed by atoms with Gasteiger partial charge >= 0.3 is 0 Å². The third-order valence-electron chi connectivity index (χ3n) is 3.74. The minimum absolute atomic E-state index is 0.288. The molecule has 0 aromatic carbocycles. The van der Waals surface area contributed by atoms with Crippen molar-refractivity contribution in [1.29, 1.82) is 0 Å². The molecule has 0 bridgehead atoms. The van der Waals surface area contributed by atoms with E-state index in [9.17, 15) is 4.79 Å². The van der Waals surface area contributed by atoms with E-state index in [-0.39, 0.29) is 5.91 Å². The van der Waals surface area contributed by atoms with Crippen molar-refractivity contribution in [3.8, 4) is 0 Å². The topological polar surface area (TPSA) is 32.3 Å². The maximum Gasteiger partial charge on any atom is 0.223 e. The summed E-state index contributed by atoms with van der Waals surface area (Å²) < 4.78 is 0. The smallest absolute Gasteiger partial charge is 0.223 e. The van der Waals surface area contributed by atoms with E-state index in [0.29, 0.717) is 12.5 Å². The first-order valence-corrected chi connectivity index (χ1v) is 7.29. The summed E-state index contributed by atoms with van der Waals surface area (Å²) in [5.74, 6) is 0.288. The Hall–Kier alpha value is -0.570. The number of carbonyl (C=O) groups is 1. The highest BCUT2D eigenvalue weighted by atomic mass is 16.2. The van der Waals surface area contributed by atoms with E-state index in [2.05, 4.69) is 5.32 Å². The Bertz CT molecular complexity index is 206. The molecular weight excluding hydrogens is 212 g/mol. The molecule has 0 aromatic rings. The maximum atomic E-state index is 11.8. The SMILES string of the molecule is CCN(CC)C(=O)CCNC1CCCCCC1. The molecule has 3 nitrogen and oxygen atoms in total. The number of hydrogen-bond acceptors (Lipinski definition) is 2. The summed E-state index contributed by atoms with van der Waals surface area (Å²) in [5.41, 5.74) is 0.